The number of hydrogen-bond donors (Lipinski definition) is 0. The van der Waals surface area contributed by atoms with Crippen LogP contribution in [-0.2, 0) is 23.2 Å². The number of hydrogen-bond acceptors (Lipinski definition) is 5. The van der Waals surface area contributed by atoms with Crippen LogP contribution in [0.25, 0.3) is 0 Å². The van der Waals surface area contributed by atoms with E-state index in [0.717, 1.165) is 25.7 Å². The van der Waals surface area contributed by atoms with Gasteiger partial charge in [0, 0.05) is 29.2 Å². The van der Waals surface area contributed by atoms with Crippen molar-refractivity contribution in [1.29, 1.82) is 0 Å². The van der Waals surface area contributed by atoms with E-state index in [0.29, 0.717) is 50.5 Å². The van der Waals surface area contributed by atoms with E-state index in [2.05, 4.69) is 27.7 Å². The molecule has 0 aromatic rings. The highest BCUT2D eigenvalue weighted by molar-refractivity contribution is 7.33. The fourth-order valence-electron chi connectivity index (χ4n) is 4.44. The molecule has 0 aromatic heterocycles. The standard InChI is InChI=1S/C20H34O5P/c1-19(2,15-7-5-9-17(15)21)11-13-24-26(23)25-14-12-20(3,4)16-8-6-10-18(16)22/h15-16H,5-14H2,1-4H3/q+1. The number of rotatable bonds is 10. The molecule has 26 heavy (non-hydrogen) atoms. The lowest BCUT2D eigenvalue weighted by Gasteiger charge is -2.29. The Labute approximate surface area is 158 Å². The molecule has 0 aliphatic heterocycles. The molecule has 0 N–H and O–H groups in total. The van der Waals surface area contributed by atoms with E-state index in [1.807, 2.05) is 0 Å². The molecule has 148 valence electrons. The molecule has 0 radical (unpaired) electrons. The molecule has 0 amide bonds. The largest absolute Gasteiger partial charge is 0.697 e. The topological polar surface area (TPSA) is 69.7 Å². The van der Waals surface area contributed by atoms with Crippen LogP contribution < -0.4 is 0 Å². The van der Waals surface area contributed by atoms with Gasteiger partial charge in [0.2, 0.25) is 0 Å². The highest BCUT2D eigenvalue weighted by Gasteiger charge is 2.39. The molecule has 2 aliphatic carbocycles. The molecule has 2 rings (SSSR count). The summed E-state index contributed by atoms with van der Waals surface area (Å²) in [5.41, 5.74) is -0.261. The van der Waals surface area contributed by atoms with E-state index < -0.39 is 8.25 Å². The van der Waals surface area contributed by atoms with E-state index >= 15 is 0 Å². The monoisotopic (exact) mass is 385 g/mol. The van der Waals surface area contributed by atoms with Crippen LogP contribution in [0.5, 0.6) is 0 Å². The van der Waals surface area contributed by atoms with Crippen molar-refractivity contribution >= 4 is 19.8 Å². The SMILES string of the molecule is CC(C)(CCO[P+](=O)OCCC(C)(C)C1CCCC1=O)C1CCCC1=O. The average molecular weight is 385 g/mol. The molecule has 0 spiro atoms. The summed E-state index contributed by atoms with van der Waals surface area (Å²) in [6.07, 6.45) is 6.60. The Morgan fingerprint density at radius 1 is 0.846 bits per heavy atom. The summed E-state index contributed by atoms with van der Waals surface area (Å²) in [6.45, 7) is 8.99. The van der Waals surface area contributed by atoms with Crippen molar-refractivity contribution in [1.82, 2.24) is 0 Å². The van der Waals surface area contributed by atoms with Gasteiger partial charge in [0.15, 0.2) is 0 Å². The fraction of sp³-hybridized carbons (Fsp3) is 0.900. The first kappa shape index (κ1) is 21.7. The molecule has 0 bridgehead atoms. The maximum Gasteiger partial charge on any atom is 0.697 e. The number of carbonyl (C=O) groups is 2. The predicted octanol–water partition coefficient (Wildman–Crippen LogP) is 5.25. The van der Waals surface area contributed by atoms with Gasteiger partial charge in [-0.05, 0) is 49.4 Å². The zero-order valence-corrected chi connectivity index (χ0v) is 17.6. The minimum Gasteiger partial charge on any atom is -0.299 e. The third-order valence-electron chi connectivity index (χ3n) is 6.38. The van der Waals surface area contributed by atoms with Gasteiger partial charge in [-0.2, -0.15) is 0 Å². The van der Waals surface area contributed by atoms with Crippen LogP contribution in [0.3, 0.4) is 0 Å². The minimum absolute atomic E-state index is 0.0923. The zero-order chi connectivity index (χ0) is 19.4. The Kier molecular flexibility index (Phi) is 7.52. The molecule has 0 heterocycles. The minimum atomic E-state index is -2.15. The summed E-state index contributed by atoms with van der Waals surface area (Å²) >= 11 is 0. The van der Waals surface area contributed by atoms with E-state index in [1.54, 1.807) is 0 Å². The van der Waals surface area contributed by atoms with Crippen molar-refractivity contribution in [3.63, 3.8) is 0 Å². The third kappa shape index (κ3) is 5.68. The van der Waals surface area contributed by atoms with Crippen molar-refractivity contribution in [3.05, 3.63) is 0 Å². The summed E-state index contributed by atoms with van der Waals surface area (Å²) in [5, 5.41) is 0. The van der Waals surface area contributed by atoms with Gasteiger partial charge in [-0.15, -0.1) is 9.05 Å². The normalized spacial score (nSPS) is 25.2. The zero-order valence-electron chi connectivity index (χ0n) is 16.7. The molecular formula is C20H34O5P+. The van der Waals surface area contributed by atoms with Gasteiger partial charge in [-0.1, -0.05) is 27.7 Å². The molecular weight excluding hydrogens is 351 g/mol. The first-order valence-electron chi connectivity index (χ1n) is 9.92. The van der Waals surface area contributed by atoms with Gasteiger partial charge >= 0.3 is 8.25 Å². The van der Waals surface area contributed by atoms with Crippen LogP contribution in [0, 0.1) is 22.7 Å². The van der Waals surface area contributed by atoms with E-state index in [1.165, 1.54) is 0 Å². The maximum absolute atomic E-state index is 12.0. The third-order valence-corrected chi connectivity index (χ3v) is 7.17. The van der Waals surface area contributed by atoms with Crippen molar-refractivity contribution in [2.75, 3.05) is 13.2 Å². The number of ketones is 2. The second-order valence-electron chi connectivity index (χ2n) is 9.19. The van der Waals surface area contributed by atoms with Crippen LogP contribution >= 0.6 is 8.25 Å². The highest BCUT2D eigenvalue weighted by Crippen LogP contribution is 2.42. The van der Waals surface area contributed by atoms with E-state index in [-0.39, 0.29) is 22.7 Å². The lowest BCUT2D eigenvalue weighted by Crippen LogP contribution is -2.28. The molecule has 2 saturated carbocycles. The lowest BCUT2D eigenvalue weighted by molar-refractivity contribution is -0.124. The molecule has 6 heteroatoms. The summed E-state index contributed by atoms with van der Waals surface area (Å²) in [6, 6.07) is 0. The molecule has 2 fully saturated rings. The van der Waals surface area contributed by atoms with Gasteiger partial charge < -0.3 is 0 Å². The Balaban J connectivity index is 1.66. The van der Waals surface area contributed by atoms with E-state index in [9.17, 15) is 14.2 Å². The first-order valence-corrected chi connectivity index (χ1v) is 11.0. The molecule has 0 saturated heterocycles. The number of Topliss-reactive ketones (excluding diaryl/α,β-unsaturated/α-hetero) is 2. The number of carbonyl (C=O) groups excluding carboxylic acids is 2. The molecule has 5 nitrogen and oxygen atoms in total. The second kappa shape index (κ2) is 9.03. The summed E-state index contributed by atoms with van der Waals surface area (Å²) in [7, 11) is -2.15. The second-order valence-corrected chi connectivity index (χ2v) is 10.2. The van der Waals surface area contributed by atoms with Gasteiger partial charge in [-0.25, -0.2) is 0 Å². The van der Waals surface area contributed by atoms with Crippen molar-refractivity contribution in [3.8, 4) is 0 Å². The quantitative estimate of drug-likeness (QED) is 0.481. The average Bonchev–Trinajstić information content (AvgIpc) is 3.15. The summed E-state index contributed by atoms with van der Waals surface area (Å²) in [4.78, 5) is 23.9. The Morgan fingerprint density at radius 3 is 1.54 bits per heavy atom. The van der Waals surface area contributed by atoms with Crippen molar-refractivity contribution in [2.45, 2.75) is 79.1 Å². The maximum atomic E-state index is 12.0. The summed E-state index contributed by atoms with van der Waals surface area (Å²) in [5.74, 6) is 0.878. The predicted molar refractivity (Wildman–Crippen MR) is 101 cm³/mol. The molecule has 0 aromatic carbocycles. The Bertz CT molecular complexity index is 494. The molecule has 2 unspecified atom stereocenters. The van der Waals surface area contributed by atoms with Crippen LogP contribution in [0.2, 0.25) is 0 Å². The summed E-state index contributed by atoms with van der Waals surface area (Å²) < 4.78 is 22.6. The van der Waals surface area contributed by atoms with Gasteiger partial charge in [0.1, 0.15) is 24.8 Å². The Hall–Kier alpha value is -0.640. The van der Waals surface area contributed by atoms with Crippen molar-refractivity contribution in [2.24, 2.45) is 22.7 Å². The van der Waals surface area contributed by atoms with Gasteiger partial charge in [0.05, 0.1) is 0 Å². The molecule has 2 atom stereocenters. The smallest absolute Gasteiger partial charge is 0.299 e. The first-order chi connectivity index (χ1) is 12.1. The van der Waals surface area contributed by atoms with Crippen LogP contribution in [0.4, 0.5) is 0 Å². The van der Waals surface area contributed by atoms with Gasteiger partial charge in [0.25, 0.3) is 0 Å². The lowest BCUT2D eigenvalue weighted by atomic mass is 9.75. The van der Waals surface area contributed by atoms with Crippen molar-refractivity contribution < 1.29 is 23.2 Å². The van der Waals surface area contributed by atoms with Crippen LogP contribution in [-0.4, -0.2) is 24.8 Å². The van der Waals surface area contributed by atoms with Gasteiger partial charge in [-0.3, -0.25) is 9.59 Å². The van der Waals surface area contributed by atoms with E-state index in [4.69, 9.17) is 9.05 Å². The van der Waals surface area contributed by atoms with Crippen LogP contribution in [0.1, 0.15) is 79.1 Å². The van der Waals surface area contributed by atoms with Crippen LogP contribution in [0.15, 0.2) is 0 Å². The fourth-order valence-corrected chi connectivity index (χ4v) is 4.99. The highest BCUT2D eigenvalue weighted by atomic mass is 31.1. The molecule has 2 aliphatic rings. The Morgan fingerprint density at radius 2 is 1.23 bits per heavy atom.